The van der Waals surface area contributed by atoms with Crippen molar-refractivity contribution in [3.63, 3.8) is 0 Å². The highest BCUT2D eigenvalue weighted by atomic mass is 32.2. The van der Waals surface area contributed by atoms with Crippen molar-refractivity contribution in [2.45, 2.75) is 12.7 Å². The first-order valence-electron chi connectivity index (χ1n) is 6.80. The predicted octanol–water partition coefficient (Wildman–Crippen LogP) is 3.39. The zero-order chi connectivity index (χ0) is 16.8. The summed E-state index contributed by atoms with van der Waals surface area (Å²) in [7, 11) is 1.31. The van der Waals surface area contributed by atoms with Crippen LogP contribution in [0.4, 0.5) is 10.1 Å². The number of amides is 1. The van der Waals surface area contributed by atoms with Crippen LogP contribution < -0.4 is 5.32 Å². The molecule has 122 valence electrons. The lowest BCUT2D eigenvalue weighted by molar-refractivity contribution is -0.113. The lowest BCUT2D eigenvalue weighted by atomic mass is 10.2. The molecule has 1 aromatic heterocycles. The van der Waals surface area contributed by atoms with Crippen molar-refractivity contribution in [1.29, 1.82) is 0 Å². The molecule has 1 N–H and O–H groups in total. The Bertz CT molecular complexity index is 714. The number of hydrogen-bond donors (Lipinski definition) is 1. The van der Waals surface area contributed by atoms with E-state index in [1.165, 1.54) is 37.1 Å². The fraction of sp³-hybridized carbons (Fsp3) is 0.250. The maximum atomic E-state index is 13.0. The Kier molecular flexibility index (Phi) is 5.81. The summed E-state index contributed by atoms with van der Waals surface area (Å²) in [5.41, 5.74) is 0.796. The molecule has 0 atom stereocenters. The number of thioether (sulfide) groups is 1. The number of benzene rings is 1. The van der Waals surface area contributed by atoms with Crippen LogP contribution >= 0.6 is 11.8 Å². The summed E-state index contributed by atoms with van der Waals surface area (Å²) in [6.07, 6.45) is 0. The van der Waals surface area contributed by atoms with E-state index in [1.807, 2.05) is 0 Å². The van der Waals surface area contributed by atoms with Crippen LogP contribution in [0.15, 0.2) is 34.7 Å². The summed E-state index contributed by atoms with van der Waals surface area (Å²) in [6, 6.07) is 7.31. The summed E-state index contributed by atoms with van der Waals surface area (Å²) in [4.78, 5) is 23.3. The first kappa shape index (κ1) is 17.1. The average Bonchev–Trinajstić information content (AvgIpc) is 2.87. The van der Waals surface area contributed by atoms with E-state index in [4.69, 9.17) is 4.42 Å². The highest BCUT2D eigenvalue weighted by molar-refractivity contribution is 7.99. The van der Waals surface area contributed by atoms with Gasteiger partial charge >= 0.3 is 5.97 Å². The first-order valence-corrected chi connectivity index (χ1v) is 7.96. The number of methoxy groups -OCH3 is 1. The van der Waals surface area contributed by atoms with E-state index in [0.29, 0.717) is 28.5 Å². The lowest BCUT2D eigenvalue weighted by Crippen LogP contribution is -2.14. The third-order valence-corrected chi connectivity index (χ3v) is 3.91. The molecule has 1 aromatic carbocycles. The molecule has 0 aliphatic heterocycles. The average molecular weight is 337 g/mol. The quantitative estimate of drug-likeness (QED) is 0.818. The van der Waals surface area contributed by atoms with E-state index in [0.717, 1.165) is 0 Å². The summed E-state index contributed by atoms with van der Waals surface area (Å²) < 4.78 is 23.1. The zero-order valence-electron chi connectivity index (χ0n) is 12.7. The molecule has 5 nitrogen and oxygen atoms in total. The van der Waals surface area contributed by atoms with Crippen molar-refractivity contribution >= 4 is 29.3 Å². The Morgan fingerprint density at radius 1 is 1.35 bits per heavy atom. The number of nitrogens with one attached hydrogen (secondary N) is 1. The van der Waals surface area contributed by atoms with Gasteiger partial charge in [-0.25, -0.2) is 9.18 Å². The fourth-order valence-corrected chi connectivity index (χ4v) is 2.64. The predicted molar refractivity (Wildman–Crippen MR) is 86.0 cm³/mol. The number of hydrogen-bond acceptors (Lipinski definition) is 5. The maximum Gasteiger partial charge on any atom is 0.341 e. The van der Waals surface area contributed by atoms with Crippen LogP contribution in [0, 0.1) is 12.7 Å². The number of esters is 1. The monoisotopic (exact) mass is 337 g/mol. The van der Waals surface area contributed by atoms with Crippen LogP contribution in [-0.4, -0.2) is 24.7 Å². The van der Waals surface area contributed by atoms with Gasteiger partial charge in [-0.2, -0.15) is 0 Å². The second-order valence-electron chi connectivity index (χ2n) is 4.73. The zero-order valence-corrected chi connectivity index (χ0v) is 13.5. The number of ether oxygens (including phenoxy) is 1. The van der Waals surface area contributed by atoms with Crippen LogP contribution in [0.3, 0.4) is 0 Å². The van der Waals surface area contributed by atoms with E-state index >= 15 is 0 Å². The summed E-state index contributed by atoms with van der Waals surface area (Å²) in [5, 5.41) is 2.61. The second-order valence-corrected chi connectivity index (χ2v) is 5.71. The van der Waals surface area contributed by atoms with Gasteiger partial charge in [0, 0.05) is 5.69 Å². The molecule has 7 heteroatoms. The van der Waals surface area contributed by atoms with Crippen molar-refractivity contribution in [1.82, 2.24) is 0 Å². The largest absolute Gasteiger partial charge is 0.465 e. The molecule has 0 aliphatic rings. The van der Waals surface area contributed by atoms with Crippen LogP contribution in [0.2, 0.25) is 0 Å². The smallest absolute Gasteiger partial charge is 0.341 e. The molecule has 0 bridgehead atoms. The minimum atomic E-state index is -0.452. The second kappa shape index (κ2) is 7.82. The maximum absolute atomic E-state index is 13.0. The van der Waals surface area contributed by atoms with Gasteiger partial charge in [0.25, 0.3) is 0 Å². The number of halogens is 1. The van der Waals surface area contributed by atoms with E-state index in [1.54, 1.807) is 19.1 Å². The number of furan rings is 1. The summed E-state index contributed by atoms with van der Waals surface area (Å²) >= 11 is 1.33. The van der Waals surface area contributed by atoms with Crippen molar-refractivity contribution in [2.75, 3.05) is 18.2 Å². The Morgan fingerprint density at radius 3 is 2.83 bits per heavy atom. The molecule has 0 radical (unpaired) electrons. The number of rotatable bonds is 6. The van der Waals surface area contributed by atoms with E-state index in [9.17, 15) is 14.0 Å². The lowest BCUT2D eigenvalue weighted by Gasteiger charge is -2.04. The minimum absolute atomic E-state index is 0.184. The van der Waals surface area contributed by atoms with Crippen molar-refractivity contribution in [3.8, 4) is 0 Å². The van der Waals surface area contributed by atoms with Gasteiger partial charge in [-0.1, -0.05) is 6.07 Å². The molecule has 0 fully saturated rings. The Morgan fingerprint density at radius 2 is 2.13 bits per heavy atom. The van der Waals surface area contributed by atoms with Gasteiger partial charge in [0.15, 0.2) is 0 Å². The van der Waals surface area contributed by atoms with E-state index < -0.39 is 11.8 Å². The Labute approximate surface area is 137 Å². The topological polar surface area (TPSA) is 68.5 Å². The molecule has 0 saturated carbocycles. The number of aryl methyl sites for hydroxylation is 1. The third kappa shape index (κ3) is 4.85. The molecule has 2 rings (SSSR count). The van der Waals surface area contributed by atoms with E-state index in [-0.39, 0.29) is 11.7 Å². The highest BCUT2D eigenvalue weighted by Crippen LogP contribution is 2.20. The van der Waals surface area contributed by atoms with Gasteiger partial charge in [0.1, 0.15) is 22.9 Å². The molecule has 2 aromatic rings. The Hall–Kier alpha value is -2.28. The molecule has 1 amide bonds. The third-order valence-electron chi connectivity index (χ3n) is 2.96. The fourth-order valence-electron chi connectivity index (χ4n) is 1.94. The molecule has 0 spiro atoms. The molecule has 0 unspecified atom stereocenters. The molecular weight excluding hydrogens is 321 g/mol. The molecular formula is C16H16FNO4S. The molecule has 23 heavy (non-hydrogen) atoms. The van der Waals surface area contributed by atoms with Gasteiger partial charge in [0.2, 0.25) is 5.91 Å². The van der Waals surface area contributed by atoms with Gasteiger partial charge in [-0.3, -0.25) is 4.79 Å². The number of carbonyl (C=O) groups is 2. The van der Waals surface area contributed by atoms with Crippen LogP contribution in [0.5, 0.6) is 0 Å². The molecule has 0 aliphatic carbocycles. The number of anilines is 1. The SMILES string of the molecule is COC(=O)c1cc(CSCC(=O)Nc2cccc(F)c2)oc1C. The van der Waals surface area contributed by atoms with Crippen molar-refractivity contribution < 1.29 is 23.1 Å². The standard InChI is InChI=1S/C16H16FNO4S/c1-10-14(16(20)21-2)7-13(22-10)8-23-9-15(19)18-12-5-3-4-11(17)6-12/h3-7H,8-9H2,1-2H3,(H,18,19). The Balaban J connectivity index is 1.83. The van der Waals surface area contributed by atoms with Gasteiger partial charge in [0.05, 0.1) is 18.6 Å². The van der Waals surface area contributed by atoms with Crippen LogP contribution in [-0.2, 0) is 15.3 Å². The van der Waals surface area contributed by atoms with Gasteiger partial charge < -0.3 is 14.5 Å². The minimum Gasteiger partial charge on any atom is -0.465 e. The molecule has 1 heterocycles. The van der Waals surface area contributed by atoms with Crippen LogP contribution in [0.1, 0.15) is 21.9 Å². The normalized spacial score (nSPS) is 10.4. The van der Waals surface area contributed by atoms with E-state index in [2.05, 4.69) is 10.1 Å². The van der Waals surface area contributed by atoms with Gasteiger partial charge in [-0.05, 0) is 31.2 Å². The van der Waals surface area contributed by atoms with Gasteiger partial charge in [-0.15, -0.1) is 11.8 Å². The molecule has 0 saturated heterocycles. The van der Waals surface area contributed by atoms with Crippen molar-refractivity contribution in [2.24, 2.45) is 0 Å². The van der Waals surface area contributed by atoms with Crippen molar-refractivity contribution in [3.05, 3.63) is 53.2 Å². The summed E-state index contributed by atoms with van der Waals surface area (Å²) in [5.74, 6) is 0.599. The highest BCUT2D eigenvalue weighted by Gasteiger charge is 2.15. The number of carbonyl (C=O) groups excluding carboxylic acids is 2. The summed E-state index contributed by atoms with van der Waals surface area (Å²) in [6.45, 7) is 1.68. The van der Waals surface area contributed by atoms with Crippen LogP contribution in [0.25, 0.3) is 0 Å². The first-order chi connectivity index (χ1) is 11.0.